The summed E-state index contributed by atoms with van der Waals surface area (Å²) in [5.41, 5.74) is 0.471. The first-order chi connectivity index (χ1) is 8.15. The molecule has 0 radical (unpaired) electrons. The molecule has 0 saturated carbocycles. The largest absolute Gasteiger partial charge is 0.320 e. The van der Waals surface area contributed by atoms with Crippen LogP contribution in [0.3, 0.4) is 0 Å². The first-order valence-corrected chi connectivity index (χ1v) is 5.08. The number of rotatable bonds is 2. The van der Waals surface area contributed by atoms with Crippen molar-refractivity contribution in [1.82, 2.24) is 9.97 Å². The fourth-order valence-electron chi connectivity index (χ4n) is 1.21. The van der Waals surface area contributed by atoms with Crippen molar-refractivity contribution >= 4 is 23.2 Å². The highest BCUT2D eigenvalue weighted by Crippen LogP contribution is 2.12. The molecule has 4 nitrogen and oxygen atoms in total. The minimum absolute atomic E-state index is 0.00191. The van der Waals surface area contributed by atoms with Gasteiger partial charge in [-0.25, -0.2) is 9.97 Å². The molecule has 0 aliphatic rings. The van der Waals surface area contributed by atoms with Crippen molar-refractivity contribution in [2.75, 3.05) is 5.32 Å². The number of nitrogens with one attached hydrogen (secondary N) is 1. The molecule has 0 aliphatic carbocycles. The van der Waals surface area contributed by atoms with Gasteiger partial charge in [0.2, 0.25) is 5.95 Å². The highest BCUT2D eigenvalue weighted by atomic mass is 35.5. The number of hydrogen-bond donors (Lipinski definition) is 1. The molecule has 0 spiro atoms. The van der Waals surface area contributed by atoms with Crippen LogP contribution in [-0.4, -0.2) is 15.9 Å². The Kier molecular flexibility index (Phi) is 3.30. The minimum atomic E-state index is -0.703. The standard InChI is InChI=1S/C11H7ClFN3O/c12-9-6-7(4-5-14-9)15-11(17)8-2-1-3-10(13)16-8/h1-6H,(H,14,15,17). The zero-order chi connectivity index (χ0) is 12.3. The van der Waals surface area contributed by atoms with E-state index in [9.17, 15) is 9.18 Å². The van der Waals surface area contributed by atoms with Gasteiger partial charge in [0.1, 0.15) is 10.8 Å². The van der Waals surface area contributed by atoms with Crippen molar-refractivity contribution in [1.29, 1.82) is 0 Å². The average molecular weight is 252 g/mol. The molecule has 86 valence electrons. The molecule has 0 fully saturated rings. The van der Waals surface area contributed by atoms with E-state index in [0.717, 1.165) is 0 Å². The van der Waals surface area contributed by atoms with E-state index in [0.29, 0.717) is 5.69 Å². The van der Waals surface area contributed by atoms with E-state index < -0.39 is 11.9 Å². The average Bonchev–Trinajstić information content (AvgIpc) is 2.29. The van der Waals surface area contributed by atoms with Crippen LogP contribution in [0, 0.1) is 5.95 Å². The summed E-state index contributed by atoms with van der Waals surface area (Å²) in [6.45, 7) is 0. The number of carbonyl (C=O) groups excluding carboxylic acids is 1. The normalized spacial score (nSPS) is 10.0. The quantitative estimate of drug-likeness (QED) is 0.835. The summed E-state index contributed by atoms with van der Waals surface area (Å²) in [5.74, 6) is -1.21. The molecule has 0 aliphatic heterocycles. The number of halogens is 2. The summed E-state index contributed by atoms with van der Waals surface area (Å²) < 4.78 is 12.8. The minimum Gasteiger partial charge on any atom is -0.320 e. The van der Waals surface area contributed by atoms with Crippen molar-refractivity contribution in [3.63, 3.8) is 0 Å². The smallest absolute Gasteiger partial charge is 0.274 e. The maximum Gasteiger partial charge on any atom is 0.274 e. The summed E-state index contributed by atoms with van der Waals surface area (Å²) >= 11 is 5.66. The molecule has 6 heteroatoms. The second-order valence-corrected chi connectivity index (χ2v) is 3.55. The van der Waals surface area contributed by atoms with Crippen LogP contribution in [0.15, 0.2) is 36.5 Å². The summed E-state index contributed by atoms with van der Waals surface area (Å²) in [6.07, 6.45) is 1.46. The topological polar surface area (TPSA) is 54.9 Å². The van der Waals surface area contributed by atoms with Gasteiger partial charge in [0.25, 0.3) is 5.91 Å². The van der Waals surface area contributed by atoms with Gasteiger partial charge in [0.05, 0.1) is 0 Å². The zero-order valence-electron chi connectivity index (χ0n) is 8.52. The zero-order valence-corrected chi connectivity index (χ0v) is 9.28. The molecule has 0 bridgehead atoms. The van der Waals surface area contributed by atoms with Gasteiger partial charge in [-0.15, -0.1) is 0 Å². The lowest BCUT2D eigenvalue weighted by Gasteiger charge is -2.04. The molecule has 0 aromatic carbocycles. The number of carbonyl (C=O) groups is 1. The van der Waals surface area contributed by atoms with Crippen LogP contribution in [0.1, 0.15) is 10.5 Å². The van der Waals surface area contributed by atoms with Crippen molar-refractivity contribution in [3.05, 3.63) is 53.3 Å². The molecule has 0 atom stereocenters. The van der Waals surface area contributed by atoms with Crippen LogP contribution in [0.2, 0.25) is 5.15 Å². The fourth-order valence-corrected chi connectivity index (χ4v) is 1.38. The fraction of sp³-hybridized carbons (Fsp3) is 0. The summed E-state index contributed by atoms with van der Waals surface area (Å²) in [6, 6.07) is 7.06. The Morgan fingerprint density at radius 2 is 2.18 bits per heavy atom. The number of anilines is 1. The van der Waals surface area contributed by atoms with E-state index >= 15 is 0 Å². The van der Waals surface area contributed by atoms with Crippen LogP contribution >= 0.6 is 11.6 Å². The molecule has 1 N–H and O–H groups in total. The van der Waals surface area contributed by atoms with Crippen LogP contribution in [0.5, 0.6) is 0 Å². The number of amides is 1. The highest BCUT2D eigenvalue weighted by Gasteiger charge is 2.08. The van der Waals surface area contributed by atoms with Gasteiger partial charge in [-0.05, 0) is 24.3 Å². The van der Waals surface area contributed by atoms with E-state index in [1.165, 1.54) is 30.5 Å². The van der Waals surface area contributed by atoms with Gasteiger partial charge in [-0.2, -0.15) is 4.39 Å². The predicted molar refractivity (Wildman–Crippen MR) is 61.4 cm³/mol. The third-order valence-electron chi connectivity index (χ3n) is 1.93. The van der Waals surface area contributed by atoms with E-state index in [1.807, 2.05) is 0 Å². The SMILES string of the molecule is O=C(Nc1ccnc(Cl)c1)c1cccc(F)n1. The van der Waals surface area contributed by atoms with Crippen molar-refractivity contribution in [3.8, 4) is 0 Å². The second kappa shape index (κ2) is 4.88. The molecule has 2 aromatic rings. The van der Waals surface area contributed by atoms with Crippen molar-refractivity contribution in [2.24, 2.45) is 0 Å². The lowest BCUT2D eigenvalue weighted by molar-refractivity contribution is 0.102. The maximum atomic E-state index is 12.8. The maximum absolute atomic E-state index is 12.8. The van der Waals surface area contributed by atoms with Gasteiger partial charge in [-0.3, -0.25) is 4.79 Å². The Morgan fingerprint density at radius 1 is 1.35 bits per heavy atom. The van der Waals surface area contributed by atoms with Gasteiger partial charge in [-0.1, -0.05) is 17.7 Å². The second-order valence-electron chi connectivity index (χ2n) is 3.17. The van der Waals surface area contributed by atoms with Gasteiger partial charge >= 0.3 is 0 Å². The Labute approximate surface area is 101 Å². The molecule has 2 aromatic heterocycles. The van der Waals surface area contributed by atoms with E-state index in [4.69, 9.17) is 11.6 Å². The number of pyridine rings is 2. The lowest BCUT2D eigenvalue weighted by atomic mass is 10.3. The van der Waals surface area contributed by atoms with Crippen LogP contribution < -0.4 is 5.32 Å². The van der Waals surface area contributed by atoms with Crippen molar-refractivity contribution < 1.29 is 9.18 Å². The summed E-state index contributed by atoms with van der Waals surface area (Å²) in [7, 11) is 0. The molecule has 17 heavy (non-hydrogen) atoms. The van der Waals surface area contributed by atoms with Crippen molar-refractivity contribution in [2.45, 2.75) is 0 Å². The predicted octanol–water partition coefficient (Wildman–Crippen LogP) is 2.52. The molecule has 2 heterocycles. The first-order valence-electron chi connectivity index (χ1n) is 4.70. The Hall–Kier alpha value is -2.01. The number of hydrogen-bond acceptors (Lipinski definition) is 3. The van der Waals surface area contributed by atoms with Crippen LogP contribution in [0.25, 0.3) is 0 Å². The van der Waals surface area contributed by atoms with E-state index in [-0.39, 0.29) is 10.8 Å². The van der Waals surface area contributed by atoms with Crippen LogP contribution in [0.4, 0.5) is 10.1 Å². The Morgan fingerprint density at radius 3 is 2.88 bits per heavy atom. The monoisotopic (exact) mass is 251 g/mol. The Balaban J connectivity index is 2.17. The summed E-state index contributed by atoms with van der Waals surface area (Å²) in [5, 5.41) is 2.79. The molecule has 1 amide bonds. The number of aromatic nitrogens is 2. The van der Waals surface area contributed by atoms with E-state index in [2.05, 4.69) is 15.3 Å². The molecular formula is C11H7ClFN3O. The third kappa shape index (κ3) is 2.98. The first kappa shape index (κ1) is 11.5. The van der Waals surface area contributed by atoms with Crippen LogP contribution in [-0.2, 0) is 0 Å². The molecule has 0 saturated heterocycles. The third-order valence-corrected chi connectivity index (χ3v) is 2.14. The van der Waals surface area contributed by atoms with Gasteiger partial charge in [0, 0.05) is 11.9 Å². The molecule has 2 rings (SSSR count). The molecule has 0 unspecified atom stereocenters. The van der Waals surface area contributed by atoms with Gasteiger partial charge in [0.15, 0.2) is 0 Å². The lowest BCUT2D eigenvalue weighted by Crippen LogP contribution is -2.14. The van der Waals surface area contributed by atoms with Gasteiger partial charge < -0.3 is 5.32 Å². The molecular weight excluding hydrogens is 245 g/mol. The summed E-state index contributed by atoms with van der Waals surface area (Å²) in [4.78, 5) is 18.9. The van der Waals surface area contributed by atoms with E-state index in [1.54, 1.807) is 6.07 Å². The highest BCUT2D eigenvalue weighted by molar-refractivity contribution is 6.29. The number of nitrogens with zero attached hydrogens (tertiary/aromatic N) is 2. The Bertz CT molecular complexity index is 562.